The molecule has 3 heteroatoms. The van der Waals surface area contributed by atoms with Crippen LogP contribution in [-0.2, 0) is 4.79 Å². The van der Waals surface area contributed by atoms with E-state index in [0.717, 1.165) is 25.9 Å². The van der Waals surface area contributed by atoms with Crippen LogP contribution in [0.25, 0.3) is 0 Å². The molecule has 1 aliphatic heterocycles. The topological polar surface area (TPSA) is 41.1 Å². The van der Waals surface area contributed by atoms with Gasteiger partial charge >= 0.3 is 0 Å². The van der Waals surface area contributed by atoms with Gasteiger partial charge in [-0.3, -0.25) is 4.79 Å². The molecule has 1 amide bonds. The van der Waals surface area contributed by atoms with E-state index in [1.165, 1.54) is 25.7 Å². The summed E-state index contributed by atoms with van der Waals surface area (Å²) in [6.45, 7) is 8.46. The van der Waals surface area contributed by atoms with Crippen LogP contribution >= 0.6 is 0 Å². The number of nitrogens with one attached hydrogen (secondary N) is 2. The standard InChI is InChI=1S/C15H30N2O/c1-4-5-6-7-8-13(3)17-15(18)14-9-12(2)10-16-11-14/h12-14,16H,4-11H2,1-3H3,(H,17,18). The Labute approximate surface area is 112 Å². The highest BCUT2D eigenvalue weighted by atomic mass is 16.1. The number of carbonyl (C=O) groups is 1. The van der Waals surface area contributed by atoms with Gasteiger partial charge < -0.3 is 10.6 Å². The predicted octanol–water partition coefficient (Wildman–Crippen LogP) is 2.71. The number of amides is 1. The lowest BCUT2D eigenvalue weighted by Crippen LogP contribution is -2.45. The van der Waals surface area contributed by atoms with Crippen molar-refractivity contribution in [2.24, 2.45) is 11.8 Å². The van der Waals surface area contributed by atoms with Gasteiger partial charge in [-0.1, -0.05) is 39.5 Å². The Balaban J connectivity index is 2.17. The van der Waals surface area contributed by atoms with Crippen LogP contribution in [0.15, 0.2) is 0 Å². The Morgan fingerprint density at radius 2 is 2.11 bits per heavy atom. The fourth-order valence-corrected chi connectivity index (χ4v) is 2.67. The maximum absolute atomic E-state index is 12.1. The summed E-state index contributed by atoms with van der Waals surface area (Å²) in [4.78, 5) is 12.1. The molecule has 3 unspecified atom stereocenters. The van der Waals surface area contributed by atoms with Gasteiger partial charge in [0.1, 0.15) is 0 Å². The minimum atomic E-state index is 0.173. The number of piperidine rings is 1. The Hall–Kier alpha value is -0.570. The van der Waals surface area contributed by atoms with Crippen molar-refractivity contribution < 1.29 is 4.79 Å². The van der Waals surface area contributed by atoms with Crippen molar-refractivity contribution in [1.82, 2.24) is 10.6 Å². The molecular formula is C15H30N2O. The molecule has 1 heterocycles. The third kappa shape index (κ3) is 5.85. The summed E-state index contributed by atoms with van der Waals surface area (Å²) < 4.78 is 0. The lowest BCUT2D eigenvalue weighted by Gasteiger charge is -2.28. The minimum Gasteiger partial charge on any atom is -0.353 e. The molecular weight excluding hydrogens is 224 g/mol. The van der Waals surface area contributed by atoms with Crippen molar-refractivity contribution in [3.05, 3.63) is 0 Å². The molecule has 0 saturated carbocycles. The molecule has 2 N–H and O–H groups in total. The summed E-state index contributed by atoms with van der Waals surface area (Å²) in [5, 5.41) is 6.51. The van der Waals surface area contributed by atoms with Crippen molar-refractivity contribution in [3.8, 4) is 0 Å². The molecule has 0 radical (unpaired) electrons. The Kier molecular flexibility index (Phi) is 7.33. The summed E-state index contributed by atoms with van der Waals surface area (Å²) in [6.07, 6.45) is 7.24. The molecule has 0 aromatic carbocycles. The van der Waals surface area contributed by atoms with Crippen LogP contribution in [0.3, 0.4) is 0 Å². The molecule has 106 valence electrons. The smallest absolute Gasteiger partial charge is 0.224 e. The zero-order valence-corrected chi connectivity index (χ0v) is 12.3. The fourth-order valence-electron chi connectivity index (χ4n) is 2.67. The van der Waals surface area contributed by atoms with E-state index in [1.54, 1.807) is 0 Å². The highest BCUT2D eigenvalue weighted by molar-refractivity contribution is 5.79. The van der Waals surface area contributed by atoms with Gasteiger partial charge in [0.2, 0.25) is 5.91 Å². The first kappa shape index (κ1) is 15.5. The molecule has 1 rings (SSSR count). The van der Waals surface area contributed by atoms with E-state index >= 15 is 0 Å². The Morgan fingerprint density at radius 3 is 2.78 bits per heavy atom. The highest BCUT2D eigenvalue weighted by Crippen LogP contribution is 2.16. The van der Waals surface area contributed by atoms with Gasteiger partial charge in [-0.25, -0.2) is 0 Å². The van der Waals surface area contributed by atoms with E-state index in [4.69, 9.17) is 0 Å². The molecule has 3 nitrogen and oxygen atoms in total. The van der Waals surface area contributed by atoms with Gasteiger partial charge in [-0.2, -0.15) is 0 Å². The SMILES string of the molecule is CCCCCCC(C)NC(=O)C1CNCC(C)C1. The first-order chi connectivity index (χ1) is 8.63. The predicted molar refractivity (Wildman–Crippen MR) is 76.5 cm³/mol. The van der Waals surface area contributed by atoms with E-state index in [9.17, 15) is 4.79 Å². The van der Waals surface area contributed by atoms with Crippen LogP contribution in [0.2, 0.25) is 0 Å². The second-order valence-electron chi connectivity index (χ2n) is 5.96. The lowest BCUT2D eigenvalue weighted by atomic mass is 9.91. The van der Waals surface area contributed by atoms with Crippen molar-refractivity contribution in [2.75, 3.05) is 13.1 Å². The van der Waals surface area contributed by atoms with Gasteiger partial charge in [0.15, 0.2) is 0 Å². The molecule has 1 fully saturated rings. The van der Waals surface area contributed by atoms with Crippen molar-refractivity contribution in [1.29, 1.82) is 0 Å². The molecule has 0 aromatic rings. The second-order valence-corrected chi connectivity index (χ2v) is 5.96. The number of carbonyl (C=O) groups excluding carboxylic acids is 1. The van der Waals surface area contributed by atoms with Crippen LogP contribution in [0, 0.1) is 11.8 Å². The van der Waals surface area contributed by atoms with E-state index in [-0.39, 0.29) is 11.8 Å². The Morgan fingerprint density at radius 1 is 1.33 bits per heavy atom. The maximum atomic E-state index is 12.1. The highest BCUT2D eigenvalue weighted by Gasteiger charge is 2.25. The van der Waals surface area contributed by atoms with Crippen molar-refractivity contribution in [2.45, 2.75) is 65.3 Å². The van der Waals surface area contributed by atoms with Crippen LogP contribution in [0.1, 0.15) is 59.3 Å². The van der Waals surface area contributed by atoms with Crippen molar-refractivity contribution >= 4 is 5.91 Å². The molecule has 1 saturated heterocycles. The quantitative estimate of drug-likeness (QED) is 0.686. The minimum absolute atomic E-state index is 0.173. The van der Waals surface area contributed by atoms with Crippen molar-refractivity contribution in [3.63, 3.8) is 0 Å². The first-order valence-electron chi connectivity index (χ1n) is 7.64. The van der Waals surface area contributed by atoms with E-state index in [2.05, 4.69) is 31.4 Å². The average molecular weight is 254 g/mol. The summed E-state index contributed by atoms with van der Waals surface area (Å²) in [5.74, 6) is 1.04. The number of hydrogen-bond acceptors (Lipinski definition) is 2. The largest absolute Gasteiger partial charge is 0.353 e. The average Bonchev–Trinajstić information content (AvgIpc) is 2.34. The molecule has 3 atom stereocenters. The molecule has 0 bridgehead atoms. The van der Waals surface area contributed by atoms with Gasteiger partial charge in [0, 0.05) is 12.6 Å². The van der Waals surface area contributed by atoms with Crippen LogP contribution in [0.5, 0.6) is 0 Å². The number of unbranched alkanes of at least 4 members (excludes halogenated alkanes) is 3. The monoisotopic (exact) mass is 254 g/mol. The zero-order valence-electron chi connectivity index (χ0n) is 12.3. The van der Waals surface area contributed by atoms with Crippen LogP contribution in [-0.4, -0.2) is 25.0 Å². The zero-order chi connectivity index (χ0) is 13.4. The maximum Gasteiger partial charge on any atom is 0.224 e. The van der Waals surface area contributed by atoms with Gasteiger partial charge in [-0.05, 0) is 32.2 Å². The number of rotatable bonds is 7. The van der Waals surface area contributed by atoms with E-state index < -0.39 is 0 Å². The third-order valence-corrected chi connectivity index (χ3v) is 3.82. The summed E-state index contributed by atoms with van der Waals surface area (Å²) in [7, 11) is 0. The van der Waals surface area contributed by atoms with E-state index in [0.29, 0.717) is 12.0 Å². The fraction of sp³-hybridized carbons (Fsp3) is 0.933. The first-order valence-corrected chi connectivity index (χ1v) is 7.64. The molecule has 1 aliphatic rings. The molecule has 0 aliphatic carbocycles. The summed E-state index contributed by atoms with van der Waals surface area (Å²) >= 11 is 0. The van der Waals surface area contributed by atoms with Gasteiger partial charge in [0.25, 0.3) is 0 Å². The van der Waals surface area contributed by atoms with Gasteiger partial charge in [0.05, 0.1) is 5.92 Å². The van der Waals surface area contributed by atoms with E-state index in [1.807, 2.05) is 0 Å². The normalized spacial score (nSPS) is 25.7. The number of hydrogen-bond donors (Lipinski definition) is 2. The summed E-state index contributed by atoms with van der Waals surface area (Å²) in [6, 6.07) is 0.326. The van der Waals surface area contributed by atoms with Gasteiger partial charge in [-0.15, -0.1) is 0 Å². The second kappa shape index (κ2) is 8.52. The third-order valence-electron chi connectivity index (χ3n) is 3.82. The summed E-state index contributed by atoms with van der Waals surface area (Å²) in [5.41, 5.74) is 0. The molecule has 0 spiro atoms. The van der Waals surface area contributed by atoms with Crippen LogP contribution < -0.4 is 10.6 Å². The Bertz CT molecular complexity index is 243. The molecule has 0 aromatic heterocycles. The molecule has 18 heavy (non-hydrogen) atoms. The van der Waals surface area contributed by atoms with Crippen LogP contribution in [0.4, 0.5) is 0 Å². The lowest BCUT2D eigenvalue weighted by molar-refractivity contribution is -0.126.